The number of amides is 2. The molecule has 0 atom stereocenters. The van der Waals surface area contributed by atoms with Gasteiger partial charge in [0.05, 0.1) is 6.42 Å². The Morgan fingerprint density at radius 2 is 2.00 bits per heavy atom. The van der Waals surface area contributed by atoms with Crippen molar-refractivity contribution >= 4 is 17.7 Å². The van der Waals surface area contributed by atoms with Crippen LogP contribution >= 0.6 is 0 Å². The molecule has 0 aliphatic carbocycles. The second-order valence-corrected chi connectivity index (χ2v) is 3.92. The van der Waals surface area contributed by atoms with E-state index in [0.717, 1.165) is 11.1 Å². The largest absolute Gasteiger partial charge is 0.481 e. The van der Waals surface area contributed by atoms with E-state index in [9.17, 15) is 9.59 Å². The second-order valence-electron chi connectivity index (χ2n) is 3.92. The van der Waals surface area contributed by atoms with E-state index < -0.39 is 12.0 Å². The molecule has 0 spiro atoms. The van der Waals surface area contributed by atoms with Gasteiger partial charge in [0.15, 0.2) is 0 Å². The Balaban J connectivity index is 3.00. The number of carboxylic acid groups (broad SMARTS) is 1. The summed E-state index contributed by atoms with van der Waals surface area (Å²) in [6, 6.07) is 4.98. The number of hydrogen-bond donors (Lipinski definition) is 2. The van der Waals surface area contributed by atoms with E-state index in [1.54, 1.807) is 0 Å². The van der Waals surface area contributed by atoms with E-state index in [2.05, 4.69) is 0 Å². The number of benzene rings is 1. The maximum atomic E-state index is 11.3. The standard InChI is InChI=1S/C12H16N2O3/c1-8-3-4-9(2)10(7-8)14(12(13)17)6-5-11(15)16/h3-4,7H,5-6H2,1-2H3,(H2,13,17)(H,15,16). The van der Waals surface area contributed by atoms with Crippen molar-refractivity contribution in [3.8, 4) is 0 Å². The molecule has 2 amide bonds. The molecule has 0 fully saturated rings. The van der Waals surface area contributed by atoms with Gasteiger partial charge in [0.25, 0.3) is 0 Å². The number of nitrogens with zero attached hydrogens (tertiary/aromatic N) is 1. The predicted molar refractivity (Wildman–Crippen MR) is 65.1 cm³/mol. The first-order valence-corrected chi connectivity index (χ1v) is 5.28. The minimum absolute atomic E-state index is 0.0783. The molecule has 0 heterocycles. The Kier molecular flexibility index (Phi) is 4.09. The average molecular weight is 236 g/mol. The first-order chi connectivity index (χ1) is 7.91. The van der Waals surface area contributed by atoms with Crippen LogP contribution in [-0.2, 0) is 4.79 Å². The maximum absolute atomic E-state index is 11.3. The molecule has 0 saturated heterocycles. The molecule has 5 nitrogen and oxygen atoms in total. The minimum Gasteiger partial charge on any atom is -0.481 e. The molecule has 1 rings (SSSR count). The fourth-order valence-electron chi connectivity index (χ4n) is 1.57. The number of rotatable bonds is 4. The van der Waals surface area contributed by atoms with E-state index in [0.29, 0.717) is 5.69 Å². The normalized spacial score (nSPS) is 10.0. The van der Waals surface area contributed by atoms with E-state index in [1.165, 1.54) is 4.90 Å². The van der Waals surface area contributed by atoms with Crippen LogP contribution in [0.4, 0.5) is 10.5 Å². The van der Waals surface area contributed by atoms with E-state index in [4.69, 9.17) is 10.8 Å². The summed E-state index contributed by atoms with van der Waals surface area (Å²) < 4.78 is 0. The molecule has 0 aliphatic rings. The molecule has 5 heteroatoms. The van der Waals surface area contributed by atoms with Gasteiger partial charge in [0.2, 0.25) is 0 Å². The summed E-state index contributed by atoms with van der Waals surface area (Å²) in [5.41, 5.74) is 7.81. The van der Waals surface area contributed by atoms with Gasteiger partial charge in [-0.1, -0.05) is 12.1 Å². The van der Waals surface area contributed by atoms with Crippen LogP contribution in [0.25, 0.3) is 0 Å². The summed E-state index contributed by atoms with van der Waals surface area (Å²) in [6.07, 6.45) is -0.129. The van der Waals surface area contributed by atoms with Gasteiger partial charge in [0.1, 0.15) is 0 Å². The molecule has 0 radical (unpaired) electrons. The van der Waals surface area contributed by atoms with Gasteiger partial charge in [-0.3, -0.25) is 9.69 Å². The van der Waals surface area contributed by atoms with Crippen molar-refractivity contribution < 1.29 is 14.7 Å². The molecule has 3 N–H and O–H groups in total. The number of nitrogens with two attached hydrogens (primary N) is 1. The van der Waals surface area contributed by atoms with Crippen LogP contribution in [0.2, 0.25) is 0 Å². The fourth-order valence-corrected chi connectivity index (χ4v) is 1.57. The summed E-state index contributed by atoms with van der Waals surface area (Å²) in [5, 5.41) is 8.64. The molecule has 0 saturated carbocycles. The summed E-state index contributed by atoms with van der Waals surface area (Å²) in [7, 11) is 0. The highest BCUT2D eigenvalue weighted by Crippen LogP contribution is 2.21. The number of aryl methyl sites for hydroxylation is 2. The summed E-state index contributed by atoms with van der Waals surface area (Å²) >= 11 is 0. The number of aliphatic carboxylic acids is 1. The van der Waals surface area contributed by atoms with Crippen LogP contribution in [0.3, 0.4) is 0 Å². The highest BCUT2D eigenvalue weighted by atomic mass is 16.4. The zero-order valence-electron chi connectivity index (χ0n) is 9.93. The Hall–Kier alpha value is -2.04. The SMILES string of the molecule is Cc1ccc(C)c(N(CCC(=O)O)C(N)=O)c1. The number of hydrogen-bond acceptors (Lipinski definition) is 2. The predicted octanol–water partition coefficient (Wildman–Crippen LogP) is 1.66. The van der Waals surface area contributed by atoms with Crippen molar-refractivity contribution in [1.82, 2.24) is 0 Å². The topological polar surface area (TPSA) is 83.6 Å². The quantitative estimate of drug-likeness (QED) is 0.833. The Morgan fingerprint density at radius 3 is 2.53 bits per heavy atom. The van der Waals surface area contributed by atoms with Gasteiger partial charge >= 0.3 is 12.0 Å². The number of urea groups is 1. The van der Waals surface area contributed by atoms with Gasteiger partial charge in [-0.25, -0.2) is 4.79 Å². The fraction of sp³-hybridized carbons (Fsp3) is 0.333. The lowest BCUT2D eigenvalue weighted by atomic mass is 10.1. The molecule has 92 valence electrons. The van der Waals surface area contributed by atoms with Crippen molar-refractivity contribution in [3.63, 3.8) is 0 Å². The lowest BCUT2D eigenvalue weighted by molar-refractivity contribution is -0.136. The molecular formula is C12H16N2O3. The van der Waals surface area contributed by atoms with Gasteiger partial charge in [0, 0.05) is 12.2 Å². The van der Waals surface area contributed by atoms with Crippen molar-refractivity contribution in [1.29, 1.82) is 0 Å². The molecule has 0 unspecified atom stereocenters. The first kappa shape index (κ1) is 13.0. The van der Waals surface area contributed by atoms with Crippen molar-refractivity contribution in [2.75, 3.05) is 11.4 Å². The smallest absolute Gasteiger partial charge is 0.319 e. The van der Waals surface area contributed by atoms with Gasteiger partial charge in [-0.05, 0) is 31.0 Å². The molecule has 0 aromatic heterocycles. The summed E-state index contributed by atoms with van der Waals surface area (Å²) in [5.74, 6) is -0.957. The third kappa shape index (κ3) is 3.48. The zero-order chi connectivity index (χ0) is 13.0. The molecule has 1 aromatic rings. The number of primary amides is 1. The third-order valence-electron chi connectivity index (χ3n) is 2.47. The van der Waals surface area contributed by atoms with E-state index in [1.807, 2.05) is 32.0 Å². The lowest BCUT2D eigenvalue weighted by Gasteiger charge is -2.22. The molecule has 17 heavy (non-hydrogen) atoms. The first-order valence-electron chi connectivity index (χ1n) is 5.28. The Bertz CT molecular complexity index is 443. The number of carbonyl (C=O) groups is 2. The van der Waals surface area contributed by atoms with Crippen molar-refractivity contribution in [3.05, 3.63) is 29.3 Å². The highest BCUT2D eigenvalue weighted by molar-refractivity contribution is 5.92. The molecular weight excluding hydrogens is 220 g/mol. The van der Waals surface area contributed by atoms with Crippen LogP contribution in [-0.4, -0.2) is 23.7 Å². The maximum Gasteiger partial charge on any atom is 0.319 e. The van der Waals surface area contributed by atoms with Gasteiger partial charge < -0.3 is 10.8 Å². The number of anilines is 1. The third-order valence-corrected chi connectivity index (χ3v) is 2.47. The Morgan fingerprint density at radius 1 is 1.35 bits per heavy atom. The second kappa shape index (κ2) is 5.34. The highest BCUT2D eigenvalue weighted by Gasteiger charge is 2.15. The summed E-state index contributed by atoms with van der Waals surface area (Å²) in [6.45, 7) is 3.83. The molecule has 1 aromatic carbocycles. The monoisotopic (exact) mass is 236 g/mol. The number of carbonyl (C=O) groups excluding carboxylic acids is 1. The minimum atomic E-state index is -0.957. The molecule has 0 aliphatic heterocycles. The average Bonchev–Trinajstić information content (AvgIpc) is 2.22. The molecule has 0 bridgehead atoms. The summed E-state index contributed by atoms with van der Waals surface area (Å²) in [4.78, 5) is 23.2. The Labute approximate surface area is 99.8 Å². The van der Waals surface area contributed by atoms with Crippen LogP contribution in [0.15, 0.2) is 18.2 Å². The van der Waals surface area contributed by atoms with Gasteiger partial charge in [-0.2, -0.15) is 0 Å². The van der Waals surface area contributed by atoms with Gasteiger partial charge in [-0.15, -0.1) is 0 Å². The number of carboxylic acids is 1. The van der Waals surface area contributed by atoms with Crippen LogP contribution < -0.4 is 10.6 Å². The lowest BCUT2D eigenvalue weighted by Crippen LogP contribution is -2.37. The van der Waals surface area contributed by atoms with Crippen molar-refractivity contribution in [2.24, 2.45) is 5.73 Å². The van der Waals surface area contributed by atoms with E-state index >= 15 is 0 Å². The van der Waals surface area contributed by atoms with Crippen LogP contribution in [0.1, 0.15) is 17.5 Å². The zero-order valence-corrected chi connectivity index (χ0v) is 9.93. The van der Waals surface area contributed by atoms with E-state index in [-0.39, 0.29) is 13.0 Å². The van der Waals surface area contributed by atoms with Crippen LogP contribution in [0, 0.1) is 13.8 Å². The van der Waals surface area contributed by atoms with Crippen LogP contribution in [0.5, 0.6) is 0 Å². The van der Waals surface area contributed by atoms with Crippen molar-refractivity contribution in [2.45, 2.75) is 20.3 Å².